The highest BCUT2D eigenvalue weighted by Crippen LogP contribution is 2.22. The summed E-state index contributed by atoms with van der Waals surface area (Å²) < 4.78 is 0. The van der Waals surface area contributed by atoms with Crippen molar-refractivity contribution in [3.63, 3.8) is 0 Å². The van der Waals surface area contributed by atoms with Gasteiger partial charge in [-0.25, -0.2) is 0 Å². The third-order valence-electron chi connectivity index (χ3n) is 4.47. The highest BCUT2D eigenvalue weighted by molar-refractivity contribution is 5.87. The van der Waals surface area contributed by atoms with Crippen molar-refractivity contribution < 1.29 is 9.59 Å². The standard InChI is InChI=1S/C16H31N3O2/c1-5-19(6-2)16(21)13(4)18-15(20)10-12(3)14-8-7-9-17-11-14/h12-14,17H,5-11H2,1-4H3,(H,18,20). The monoisotopic (exact) mass is 297 g/mol. The molecule has 0 bridgehead atoms. The van der Waals surface area contributed by atoms with Crippen LogP contribution in [0.4, 0.5) is 0 Å². The second kappa shape index (κ2) is 9.03. The predicted molar refractivity (Wildman–Crippen MR) is 84.9 cm³/mol. The number of piperidine rings is 1. The molecule has 21 heavy (non-hydrogen) atoms. The molecule has 0 spiro atoms. The number of rotatable bonds is 7. The molecule has 0 aromatic heterocycles. The van der Waals surface area contributed by atoms with Crippen molar-refractivity contribution in [3.05, 3.63) is 0 Å². The molecule has 0 radical (unpaired) electrons. The summed E-state index contributed by atoms with van der Waals surface area (Å²) >= 11 is 0. The maximum atomic E-state index is 12.1. The van der Waals surface area contributed by atoms with Gasteiger partial charge >= 0.3 is 0 Å². The normalized spacial score (nSPS) is 21.4. The average Bonchev–Trinajstić information content (AvgIpc) is 2.49. The van der Waals surface area contributed by atoms with Gasteiger partial charge in [0.15, 0.2) is 0 Å². The van der Waals surface area contributed by atoms with Crippen LogP contribution in [-0.2, 0) is 9.59 Å². The molecule has 5 nitrogen and oxygen atoms in total. The molecule has 0 aromatic rings. The van der Waals surface area contributed by atoms with Crippen molar-refractivity contribution in [2.24, 2.45) is 11.8 Å². The van der Waals surface area contributed by atoms with Gasteiger partial charge in [0.2, 0.25) is 11.8 Å². The lowest BCUT2D eigenvalue weighted by Crippen LogP contribution is -2.47. The first-order valence-corrected chi connectivity index (χ1v) is 8.28. The third kappa shape index (κ3) is 5.65. The molecule has 1 rings (SSSR count). The lowest BCUT2D eigenvalue weighted by molar-refractivity contribution is -0.136. The summed E-state index contributed by atoms with van der Waals surface area (Å²) in [5.41, 5.74) is 0. The van der Waals surface area contributed by atoms with Gasteiger partial charge in [-0.05, 0) is 58.5 Å². The summed E-state index contributed by atoms with van der Waals surface area (Å²) in [4.78, 5) is 26.0. The molecule has 5 heteroatoms. The average molecular weight is 297 g/mol. The predicted octanol–water partition coefficient (Wildman–Crippen LogP) is 1.39. The summed E-state index contributed by atoms with van der Waals surface area (Å²) in [7, 11) is 0. The highest BCUT2D eigenvalue weighted by atomic mass is 16.2. The topological polar surface area (TPSA) is 61.4 Å². The molecule has 3 atom stereocenters. The Morgan fingerprint density at radius 2 is 1.95 bits per heavy atom. The molecule has 0 saturated carbocycles. The molecular formula is C16H31N3O2. The van der Waals surface area contributed by atoms with E-state index in [2.05, 4.69) is 17.6 Å². The third-order valence-corrected chi connectivity index (χ3v) is 4.47. The molecule has 2 amide bonds. The van der Waals surface area contributed by atoms with E-state index >= 15 is 0 Å². The number of nitrogens with zero attached hydrogens (tertiary/aromatic N) is 1. The molecular weight excluding hydrogens is 266 g/mol. The maximum absolute atomic E-state index is 12.1. The molecule has 1 fully saturated rings. The Bertz CT molecular complexity index is 336. The zero-order valence-corrected chi connectivity index (χ0v) is 13.9. The fourth-order valence-corrected chi connectivity index (χ4v) is 2.99. The number of amides is 2. The van der Waals surface area contributed by atoms with Crippen molar-refractivity contribution >= 4 is 11.8 Å². The van der Waals surface area contributed by atoms with Crippen LogP contribution >= 0.6 is 0 Å². The van der Waals surface area contributed by atoms with E-state index in [1.807, 2.05) is 13.8 Å². The van der Waals surface area contributed by atoms with Gasteiger partial charge in [-0.3, -0.25) is 9.59 Å². The molecule has 1 aliphatic heterocycles. The van der Waals surface area contributed by atoms with Gasteiger partial charge in [0.05, 0.1) is 0 Å². The van der Waals surface area contributed by atoms with Crippen molar-refractivity contribution in [1.82, 2.24) is 15.5 Å². The van der Waals surface area contributed by atoms with Gasteiger partial charge < -0.3 is 15.5 Å². The van der Waals surface area contributed by atoms with Gasteiger partial charge in [-0.1, -0.05) is 6.92 Å². The van der Waals surface area contributed by atoms with Gasteiger partial charge in [-0.2, -0.15) is 0 Å². The van der Waals surface area contributed by atoms with E-state index in [1.54, 1.807) is 11.8 Å². The highest BCUT2D eigenvalue weighted by Gasteiger charge is 2.24. The number of carbonyl (C=O) groups is 2. The SMILES string of the molecule is CCN(CC)C(=O)C(C)NC(=O)CC(C)C1CCCNC1. The first-order valence-electron chi connectivity index (χ1n) is 8.28. The molecule has 0 aliphatic carbocycles. The van der Waals surface area contributed by atoms with Crippen LogP contribution in [0.25, 0.3) is 0 Å². The zero-order valence-electron chi connectivity index (χ0n) is 13.9. The van der Waals surface area contributed by atoms with E-state index < -0.39 is 6.04 Å². The lowest BCUT2D eigenvalue weighted by atomic mass is 9.85. The first-order chi connectivity index (χ1) is 9.99. The van der Waals surface area contributed by atoms with Crippen molar-refractivity contribution in [2.45, 2.75) is 53.0 Å². The van der Waals surface area contributed by atoms with Crippen LogP contribution in [0.1, 0.15) is 47.0 Å². The Hall–Kier alpha value is -1.10. The largest absolute Gasteiger partial charge is 0.345 e. The van der Waals surface area contributed by atoms with Gasteiger partial charge in [0, 0.05) is 19.5 Å². The van der Waals surface area contributed by atoms with Crippen LogP contribution in [0.5, 0.6) is 0 Å². The van der Waals surface area contributed by atoms with Crippen LogP contribution in [-0.4, -0.2) is 48.9 Å². The number of likely N-dealkylation sites (N-methyl/N-ethyl adjacent to an activating group) is 1. The van der Waals surface area contributed by atoms with E-state index in [1.165, 1.54) is 12.8 Å². The minimum Gasteiger partial charge on any atom is -0.345 e. The van der Waals surface area contributed by atoms with Crippen molar-refractivity contribution in [3.8, 4) is 0 Å². The van der Waals surface area contributed by atoms with Crippen molar-refractivity contribution in [1.29, 1.82) is 0 Å². The van der Waals surface area contributed by atoms with E-state index in [4.69, 9.17) is 0 Å². The van der Waals surface area contributed by atoms with E-state index in [-0.39, 0.29) is 11.8 Å². The Labute approximate surface area is 128 Å². The molecule has 1 aliphatic rings. The summed E-state index contributed by atoms with van der Waals surface area (Å²) in [6.07, 6.45) is 2.88. The van der Waals surface area contributed by atoms with Gasteiger partial charge in [0.1, 0.15) is 6.04 Å². The molecule has 1 heterocycles. The van der Waals surface area contributed by atoms with E-state index in [9.17, 15) is 9.59 Å². The van der Waals surface area contributed by atoms with Crippen LogP contribution in [0.15, 0.2) is 0 Å². The smallest absolute Gasteiger partial charge is 0.244 e. The summed E-state index contributed by atoms with van der Waals surface area (Å²) in [5, 5.41) is 6.23. The fraction of sp³-hybridized carbons (Fsp3) is 0.875. The molecule has 1 saturated heterocycles. The minimum absolute atomic E-state index is 0.000311. The number of hydrogen-bond donors (Lipinski definition) is 2. The number of nitrogens with one attached hydrogen (secondary N) is 2. The molecule has 0 aromatic carbocycles. The molecule has 2 N–H and O–H groups in total. The Balaban J connectivity index is 2.39. The summed E-state index contributed by atoms with van der Waals surface area (Å²) in [5.74, 6) is 0.910. The zero-order chi connectivity index (χ0) is 15.8. The quantitative estimate of drug-likeness (QED) is 0.746. The second-order valence-electron chi connectivity index (χ2n) is 6.09. The van der Waals surface area contributed by atoms with Gasteiger partial charge in [-0.15, -0.1) is 0 Å². The second-order valence-corrected chi connectivity index (χ2v) is 6.09. The Morgan fingerprint density at radius 3 is 2.48 bits per heavy atom. The number of hydrogen-bond acceptors (Lipinski definition) is 3. The van der Waals surface area contributed by atoms with Crippen LogP contribution < -0.4 is 10.6 Å². The van der Waals surface area contributed by atoms with E-state index in [0.717, 1.165) is 13.1 Å². The van der Waals surface area contributed by atoms with Crippen LogP contribution in [0.2, 0.25) is 0 Å². The molecule has 3 unspecified atom stereocenters. The maximum Gasteiger partial charge on any atom is 0.244 e. The van der Waals surface area contributed by atoms with Crippen LogP contribution in [0.3, 0.4) is 0 Å². The molecule has 122 valence electrons. The number of carbonyl (C=O) groups excluding carboxylic acids is 2. The Kier molecular flexibility index (Phi) is 7.72. The van der Waals surface area contributed by atoms with Crippen molar-refractivity contribution in [2.75, 3.05) is 26.2 Å². The first kappa shape index (κ1) is 18.0. The Morgan fingerprint density at radius 1 is 1.29 bits per heavy atom. The van der Waals surface area contributed by atoms with Gasteiger partial charge in [0.25, 0.3) is 0 Å². The lowest BCUT2D eigenvalue weighted by Gasteiger charge is -2.28. The van der Waals surface area contributed by atoms with Crippen LogP contribution in [0, 0.1) is 11.8 Å². The fourth-order valence-electron chi connectivity index (χ4n) is 2.99. The summed E-state index contributed by atoms with van der Waals surface area (Å²) in [6.45, 7) is 11.3. The minimum atomic E-state index is -0.436. The van der Waals surface area contributed by atoms with E-state index in [0.29, 0.717) is 31.3 Å². The summed E-state index contributed by atoms with van der Waals surface area (Å²) in [6, 6.07) is -0.436.